The number of benzene rings is 1. The minimum absolute atomic E-state index is 0.278. The third-order valence-corrected chi connectivity index (χ3v) is 3.88. The number of rotatable bonds is 8. The number of nitrogens with zero attached hydrogens (tertiary/aromatic N) is 2. The number of primary amides is 1. The third-order valence-electron chi connectivity index (χ3n) is 3.88. The van der Waals surface area contributed by atoms with E-state index in [4.69, 9.17) is 11.5 Å². The summed E-state index contributed by atoms with van der Waals surface area (Å²) in [4.78, 5) is 15.8. The van der Waals surface area contributed by atoms with Crippen LogP contribution >= 0.6 is 0 Å². The summed E-state index contributed by atoms with van der Waals surface area (Å²) < 4.78 is 0. The average Bonchev–Trinajstić information content (AvgIpc) is 2.91. The molecule has 4 N–H and O–H groups in total. The Balaban J connectivity index is 1.83. The van der Waals surface area contributed by atoms with Crippen molar-refractivity contribution in [1.82, 2.24) is 9.80 Å². The van der Waals surface area contributed by atoms with Crippen LogP contribution in [0, 0.1) is 0 Å². The predicted molar refractivity (Wildman–Crippen MR) is 85.6 cm³/mol. The highest BCUT2D eigenvalue weighted by atomic mass is 16.1. The second-order valence-electron chi connectivity index (χ2n) is 5.82. The summed E-state index contributed by atoms with van der Waals surface area (Å²) in [6.07, 6.45) is 3.69. The fourth-order valence-electron chi connectivity index (χ4n) is 2.91. The van der Waals surface area contributed by atoms with Crippen molar-refractivity contribution < 1.29 is 4.79 Å². The number of carbonyl (C=O) groups excluding carboxylic acids is 1. The van der Waals surface area contributed by atoms with E-state index in [-0.39, 0.29) is 5.91 Å². The molecule has 21 heavy (non-hydrogen) atoms. The van der Waals surface area contributed by atoms with Gasteiger partial charge in [-0.05, 0) is 56.6 Å². The number of likely N-dealkylation sites (tertiary alicyclic amines) is 1. The summed E-state index contributed by atoms with van der Waals surface area (Å²) in [5.41, 5.74) is 13.0. The van der Waals surface area contributed by atoms with Gasteiger partial charge in [0.25, 0.3) is 0 Å². The van der Waals surface area contributed by atoms with Gasteiger partial charge in [-0.1, -0.05) is 12.1 Å². The lowest BCUT2D eigenvalue weighted by Gasteiger charge is -2.22. The second-order valence-corrected chi connectivity index (χ2v) is 5.82. The fourth-order valence-corrected chi connectivity index (χ4v) is 2.91. The average molecular weight is 290 g/mol. The maximum Gasteiger partial charge on any atom is 0.231 e. The fraction of sp³-hybridized carbons (Fsp3) is 0.562. The first-order valence-electron chi connectivity index (χ1n) is 7.71. The van der Waals surface area contributed by atoms with E-state index in [1.807, 2.05) is 24.3 Å². The van der Waals surface area contributed by atoms with Crippen molar-refractivity contribution in [3.63, 3.8) is 0 Å². The van der Waals surface area contributed by atoms with Crippen LogP contribution in [0.15, 0.2) is 24.3 Å². The molecule has 0 aromatic heterocycles. The summed E-state index contributed by atoms with van der Waals surface area (Å²) in [5, 5.41) is 0. The first kappa shape index (κ1) is 15.8. The second kappa shape index (κ2) is 8.00. The largest absolute Gasteiger partial charge is 0.399 e. The highest BCUT2D eigenvalue weighted by Gasteiger charge is 2.13. The van der Waals surface area contributed by atoms with Gasteiger partial charge in [0.15, 0.2) is 0 Å². The number of hydrogen-bond acceptors (Lipinski definition) is 4. The Bertz CT molecular complexity index is 457. The molecular formula is C16H26N4O. The van der Waals surface area contributed by atoms with E-state index in [9.17, 15) is 4.79 Å². The molecule has 5 heteroatoms. The van der Waals surface area contributed by atoms with Crippen LogP contribution in [0.25, 0.3) is 0 Å². The quantitative estimate of drug-likeness (QED) is 0.702. The van der Waals surface area contributed by atoms with Crippen molar-refractivity contribution in [1.29, 1.82) is 0 Å². The molecule has 1 aliphatic rings. The summed E-state index contributed by atoms with van der Waals surface area (Å²) in [5.74, 6) is -0.278. The zero-order valence-corrected chi connectivity index (χ0v) is 12.6. The van der Waals surface area contributed by atoms with Crippen LogP contribution < -0.4 is 11.5 Å². The highest BCUT2D eigenvalue weighted by Crippen LogP contribution is 2.11. The molecule has 1 aromatic carbocycles. The first-order chi connectivity index (χ1) is 10.1. The molecule has 1 aliphatic heterocycles. The Kier molecular flexibility index (Phi) is 6.02. The van der Waals surface area contributed by atoms with Gasteiger partial charge < -0.3 is 16.4 Å². The molecule has 2 rings (SSSR count). The van der Waals surface area contributed by atoms with Crippen LogP contribution in [-0.2, 0) is 11.3 Å². The molecule has 1 heterocycles. The topological polar surface area (TPSA) is 75.6 Å². The van der Waals surface area contributed by atoms with Gasteiger partial charge in [-0.2, -0.15) is 0 Å². The normalized spacial score (nSPS) is 15.7. The van der Waals surface area contributed by atoms with Crippen molar-refractivity contribution >= 4 is 11.6 Å². The standard InChI is InChI=1S/C16H26N4O/c17-15-6-3-5-14(11-15)12-20(13-16(18)21)10-4-9-19-7-1-2-8-19/h3,5-6,11H,1-2,4,7-10,12-13,17H2,(H2,18,21). The van der Waals surface area contributed by atoms with Crippen molar-refractivity contribution in [2.75, 3.05) is 38.5 Å². The van der Waals surface area contributed by atoms with Crippen LogP contribution in [0.3, 0.4) is 0 Å². The van der Waals surface area contributed by atoms with Gasteiger partial charge in [-0.15, -0.1) is 0 Å². The van der Waals surface area contributed by atoms with E-state index < -0.39 is 0 Å². The van der Waals surface area contributed by atoms with E-state index in [2.05, 4.69) is 9.80 Å². The van der Waals surface area contributed by atoms with Gasteiger partial charge in [-0.25, -0.2) is 0 Å². The van der Waals surface area contributed by atoms with Crippen LogP contribution in [0.2, 0.25) is 0 Å². The van der Waals surface area contributed by atoms with Gasteiger partial charge >= 0.3 is 0 Å². The zero-order chi connectivity index (χ0) is 15.1. The van der Waals surface area contributed by atoms with Crippen molar-refractivity contribution in [3.05, 3.63) is 29.8 Å². The van der Waals surface area contributed by atoms with E-state index in [0.717, 1.165) is 30.8 Å². The summed E-state index contributed by atoms with van der Waals surface area (Å²) >= 11 is 0. The van der Waals surface area contributed by atoms with Crippen molar-refractivity contribution in [2.24, 2.45) is 5.73 Å². The van der Waals surface area contributed by atoms with E-state index in [0.29, 0.717) is 13.1 Å². The number of nitrogen functional groups attached to an aromatic ring is 1. The van der Waals surface area contributed by atoms with Crippen LogP contribution in [-0.4, -0.2) is 48.4 Å². The number of hydrogen-bond donors (Lipinski definition) is 2. The maximum absolute atomic E-state index is 11.2. The Morgan fingerprint density at radius 3 is 2.71 bits per heavy atom. The number of anilines is 1. The van der Waals surface area contributed by atoms with Crippen molar-refractivity contribution in [3.8, 4) is 0 Å². The van der Waals surface area contributed by atoms with Gasteiger partial charge in [-0.3, -0.25) is 9.69 Å². The van der Waals surface area contributed by atoms with Gasteiger partial charge in [0, 0.05) is 18.8 Å². The Morgan fingerprint density at radius 1 is 1.29 bits per heavy atom. The molecule has 1 saturated heterocycles. The molecule has 0 bridgehead atoms. The smallest absolute Gasteiger partial charge is 0.231 e. The van der Waals surface area contributed by atoms with E-state index >= 15 is 0 Å². The van der Waals surface area contributed by atoms with Gasteiger partial charge in [0.2, 0.25) is 5.91 Å². The maximum atomic E-state index is 11.2. The lowest BCUT2D eigenvalue weighted by atomic mass is 10.2. The Labute approximate surface area is 126 Å². The van der Waals surface area contributed by atoms with Crippen LogP contribution in [0.1, 0.15) is 24.8 Å². The summed E-state index contributed by atoms with van der Waals surface area (Å²) in [6.45, 7) is 5.43. The molecule has 0 spiro atoms. The first-order valence-corrected chi connectivity index (χ1v) is 7.71. The molecule has 0 saturated carbocycles. The Morgan fingerprint density at radius 2 is 2.05 bits per heavy atom. The van der Waals surface area contributed by atoms with Crippen LogP contribution in [0.4, 0.5) is 5.69 Å². The Hall–Kier alpha value is -1.59. The molecule has 0 radical (unpaired) electrons. The number of amides is 1. The molecule has 116 valence electrons. The van der Waals surface area contributed by atoms with E-state index in [1.165, 1.54) is 25.9 Å². The molecule has 5 nitrogen and oxygen atoms in total. The predicted octanol–water partition coefficient (Wildman–Crippen LogP) is 1.04. The monoisotopic (exact) mass is 290 g/mol. The SMILES string of the molecule is NC(=O)CN(CCCN1CCCC1)Cc1cccc(N)c1. The molecule has 0 unspecified atom stereocenters. The summed E-state index contributed by atoms with van der Waals surface area (Å²) in [7, 11) is 0. The lowest BCUT2D eigenvalue weighted by Crippen LogP contribution is -2.35. The molecule has 0 atom stereocenters. The van der Waals surface area contributed by atoms with E-state index in [1.54, 1.807) is 0 Å². The van der Waals surface area contributed by atoms with Gasteiger partial charge in [0.05, 0.1) is 6.54 Å². The number of carbonyl (C=O) groups is 1. The minimum Gasteiger partial charge on any atom is -0.399 e. The van der Waals surface area contributed by atoms with Crippen molar-refractivity contribution in [2.45, 2.75) is 25.8 Å². The van der Waals surface area contributed by atoms with Gasteiger partial charge in [0.1, 0.15) is 0 Å². The number of nitrogens with two attached hydrogens (primary N) is 2. The molecule has 1 amide bonds. The highest BCUT2D eigenvalue weighted by molar-refractivity contribution is 5.75. The zero-order valence-electron chi connectivity index (χ0n) is 12.6. The van der Waals surface area contributed by atoms with Crippen LogP contribution in [0.5, 0.6) is 0 Å². The molecule has 1 fully saturated rings. The molecular weight excluding hydrogens is 264 g/mol. The molecule has 0 aliphatic carbocycles. The summed E-state index contributed by atoms with van der Waals surface area (Å²) in [6, 6.07) is 7.80. The molecule has 1 aromatic rings. The minimum atomic E-state index is -0.278. The third kappa shape index (κ3) is 5.73. The lowest BCUT2D eigenvalue weighted by molar-refractivity contribution is -0.119.